The highest BCUT2D eigenvalue weighted by Crippen LogP contribution is 2.38. The van der Waals surface area contributed by atoms with Crippen molar-refractivity contribution in [1.82, 2.24) is 0 Å². The fourth-order valence-electron chi connectivity index (χ4n) is 5.40. The summed E-state index contributed by atoms with van der Waals surface area (Å²) in [5, 5.41) is 0. The zero-order chi connectivity index (χ0) is 21.3. The summed E-state index contributed by atoms with van der Waals surface area (Å²) < 4.78 is 14.7. The van der Waals surface area contributed by atoms with Gasteiger partial charge < -0.3 is 0 Å². The zero-order valence-corrected chi connectivity index (χ0v) is 19.4. The van der Waals surface area contributed by atoms with Gasteiger partial charge in [-0.05, 0) is 79.0 Å². The number of hydrogen-bond donors (Lipinski definition) is 0. The van der Waals surface area contributed by atoms with Crippen molar-refractivity contribution in [3.05, 3.63) is 59.4 Å². The molecule has 0 heterocycles. The van der Waals surface area contributed by atoms with Crippen molar-refractivity contribution in [2.45, 2.75) is 91.4 Å². The maximum absolute atomic E-state index is 14.7. The summed E-state index contributed by atoms with van der Waals surface area (Å²) in [7, 11) is 0. The highest BCUT2D eigenvalue weighted by Gasteiger charge is 2.26. The van der Waals surface area contributed by atoms with Crippen molar-refractivity contribution in [3.63, 3.8) is 0 Å². The third kappa shape index (κ3) is 6.43. The number of benzene rings is 2. The normalized spacial score (nSPS) is 21.7. The first-order valence-corrected chi connectivity index (χ1v) is 12.5. The number of hydrogen-bond acceptors (Lipinski definition) is 0. The monoisotopic (exact) mass is 408 g/mol. The van der Waals surface area contributed by atoms with Gasteiger partial charge in [0.25, 0.3) is 0 Å². The number of unbranched alkanes of at least 4 members (excludes halogenated alkanes) is 2. The Morgan fingerprint density at radius 1 is 0.833 bits per heavy atom. The summed E-state index contributed by atoms with van der Waals surface area (Å²) in [6.07, 6.45) is 14.0. The van der Waals surface area contributed by atoms with Crippen molar-refractivity contribution >= 4 is 0 Å². The molecule has 1 heteroatoms. The fourth-order valence-corrected chi connectivity index (χ4v) is 5.40. The Labute approximate surface area is 184 Å². The average Bonchev–Trinajstić information content (AvgIpc) is 2.74. The van der Waals surface area contributed by atoms with E-state index in [0.717, 1.165) is 53.7 Å². The highest BCUT2D eigenvalue weighted by atomic mass is 19.1. The van der Waals surface area contributed by atoms with Gasteiger partial charge in [-0.1, -0.05) is 89.3 Å². The maximum Gasteiger partial charge on any atom is 0.131 e. The van der Waals surface area contributed by atoms with Gasteiger partial charge in [-0.15, -0.1) is 0 Å². The Bertz CT molecular complexity index is 760. The first kappa shape index (κ1) is 23.0. The van der Waals surface area contributed by atoms with Crippen molar-refractivity contribution in [2.24, 2.45) is 17.8 Å². The zero-order valence-electron chi connectivity index (χ0n) is 19.4. The van der Waals surface area contributed by atoms with E-state index in [9.17, 15) is 4.39 Å². The minimum absolute atomic E-state index is 0.0885. The molecular formula is C29H41F. The molecule has 1 fully saturated rings. The molecule has 164 valence electrons. The van der Waals surface area contributed by atoms with E-state index in [4.69, 9.17) is 0 Å². The molecule has 0 nitrogen and oxygen atoms in total. The first-order valence-electron chi connectivity index (χ1n) is 12.5. The molecule has 2 aromatic rings. The first-order chi connectivity index (χ1) is 14.6. The topological polar surface area (TPSA) is 0 Å². The molecule has 0 amide bonds. The Morgan fingerprint density at radius 3 is 2.27 bits per heavy atom. The minimum Gasteiger partial charge on any atom is -0.206 e. The second-order valence-corrected chi connectivity index (χ2v) is 9.71. The molecule has 0 spiro atoms. The van der Waals surface area contributed by atoms with E-state index in [1.165, 1.54) is 56.9 Å². The molecule has 0 aromatic heterocycles. The SMILES string of the molecule is CCCCCc1ccc(-c2ccc(CCC3CC[C@H](CCC)C[C@H]3C)cc2)c(F)c1. The predicted octanol–water partition coefficient (Wildman–Crippen LogP) is 9.01. The number of rotatable bonds is 10. The van der Waals surface area contributed by atoms with E-state index in [1.807, 2.05) is 6.07 Å². The quantitative estimate of drug-likeness (QED) is 0.344. The lowest BCUT2D eigenvalue weighted by Gasteiger charge is -2.34. The Morgan fingerprint density at radius 2 is 1.60 bits per heavy atom. The van der Waals surface area contributed by atoms with E-state index in [2.05, 4.69) is 51.1 Å². The van der Waals surface area contributed by atoms with Crippen molar-refractivity contribution in [1.29, 1.82) is 0 Å². The van der Waals surface area contributed by atoms with Crippen LogP contribution in [0.1, 0.15) is 89.7 Å². The molecule has 1 saturated carbocycles. The van der Waals surface area contributed by atoms with Gasteiger partial charge in [-0.25, -0.2) is 4.39 Å². The number of halogens is 1. The molecule has 2 aromatic carbocycles. The van der Waals surface area contributed by atoms with Crippen LogP contribution in [0.4, 0.5) is 4.39 Å². The van der Waals surface area contributed by atoms with Gasteiger partial charge >= 0.3 is 0 Å². The van der Waals surface area contributed by atoms with Gasteiger partial charge in [0.05, 0.1) is 0 Å². The summed E-state index contributed by atoms with van der Waals surface area (Å²) in [6.45, 7) is 6.98. The Balaban J connectivity index is 1.54. The highest BCUT2D eigenvalue weighted by molar-refractivity contribution is 5.64. The smallest absolute Gasteiger partial charge is 0.131 e. The molecule has 3 atom stereocenters. The van der Waals surface area contributed by atoms with E-state index in [0.29, 0.717) is 0 Å². The maximum atomic E-state index is 14.7. The lowest BCUT2D eigenvalue weighted by Crippen LogP contribution is -2.23. The molecule has 0 saturated heterocycles. The van der Waals surface area contributed by atoms with E-state index in [1.54, 1.807) is 6.07 Å². The second-order valence-electron chi connectivity index (χ2n) is 9.71. The van der Waals surface area contributed by atoms with E-state index < -0.39 is 0 Å². The van der Waals surface area contributed by atoms with Crippen LogP contribution < -0.4 is 0 Å². The summed E-state index contributed by atoms with van der Waals surface area (Å²) in [5.41, 5.74) is 4.22. The third-order valence-electron chi connectivity index (χ3n) is 7.32. The summed E-state index contributed by atoms with van der Waals surface area (Å²) in [6, 6.07) is 14.4. The van der Waals surface area contributed by atoms with Crippen LogP contribution in [0, 0.1) is 23.6 Å². The molecule has 3 rings (SSSR count). The minimum atomic E-state index is -0.0885. The Kier molecular flexibility index (Phi) is 8.97. The van der Waals surface area contributed by atoms with Crippen LogP contribution in [0.25, 0.3) is 11.1 Å². The molecule has 0 N–H and O–H groups in total. The van der Waals surface area contributed by atoms with Crippen molar-refractivity contribution in [3.8, 4) is 11.1 Å². The molecule has 1 aliphatic rings. The molecular weight excluding hydrogens is 367 g/mol. The summed E-state index contributed by atoms with van der Waals surface area (Å²) >= 11 is 0. The molecule has 1 unspecified atom stereocenters. The molecule has 1 aliphatic carbocycles. The molecule has 0 radical (unpaired) electrons. The summed E-state index contributed by atoms with van der Waals surface area (Å²) in [4.78, 5) is 0. The van der Waals surface area contributed by atoms with Crippen molar-refractivity contribution in [2.75, 3.05) is 0 Å². The lowest BCUT2D eigenvalue weighted by atomic mass is 9.72. The standard InChI is InChI=1S/C29H41F/c1-4-6-7-9-25-14-19-28(29(30)21-25)27-17-11-23(12-18-27)10-15-26-16-13-24(8-5-2)20-22(26)3/h11-12,14,17-19,21-22,24,26H,4-10,13,15-16,20H2,1-3H3/t22-,24+,26?/m1/s1. The number of aryl methyl sites for hydroxylation is 2. The van der Waals surface area contributed by atoms with Gasteiger partial charge in [0.1, 0.15) is 5.82 Å². The van der Waals surface area contributed by atoms with Gasteiger partial charge in [-0.2, -0.15) is 0 Å². The van der Waals surface area contributed by atoms with Crippen LogP contribution >= 0.6 is 0 Å². The molecule has 30 heavy (non-hydrogen) atoms. The summed E-state index contributed by atoms with van der Waals surface area (Å²) in [5.74, 6) is 2.61. The fraction of sp³-hybridized carbons (Fsp3) is 0.586. The van der Waals surface area contributed by atoms with Crippen LogP contribution in [0.5, 0.6) is 0 Å². The third-order valence-corrected chi connectivity index (χ3v) is 7.32. The van der Waals surface area contributed by atoms with Crippen LogP contribution in [-0.2, 0) is 12.8 Å². The van der Waals surface area contributed by atoms with Gasteiger partial charge in [0, 0.05) is 5.56 Å². The van der Waals surface area contributed by atoms with Gasteiger partial charge in [-0.3, -0.25) is 0 Å². The predicted molar refractivity (Wildman–Crippen MR) is 128 cm³/mol. The molecule has 0 aliphatic heterocycles. The lowest BCUT2D eigenvalue weighted by molar-refractivity contribution is 0.177. The average molecular weight is 409 g/mol. The van der Waals surface area contributed by atoms with Crippen molar-refractivity contribution < 1.29 is 4.39 Å². The van der Waals surface area contributed by atoms with Crippen LogP contribution in [-0.4, -0.2) is 0 Å². The van der Waals surface area contributed by atoms with Crippen LogP contribution in [0.3, 0.4) is 0 Å². The van der Waals surface area contributed by atoms with Gasteiger partial charge in [0.2, 0.25) is 0 Å². The largest absolute Gasteiger partial charge is 0.206 e. The van der Waals surface area contributed by atoms with Gasteiger partial charge in [0.15, 0.2) is 0 Å². The molecule has 0 bridgehead atoms. The van der Waals surface area contributed by atoms with Crippen LogP contribution in [0.15, 0.2) is 42.5 Å². The van der Waals surface area contributed by atoms with Crippen LogP contribution in [0.2, 0.25) is 0 Å². The van der Waals surface area contributed by atoms with E-state index >= 15 is 0 Å². The van der Waals surface area contributed by atoms with E-state index in [-0.39, 0.29) is 5.82 Å². The second kappa shape index (κ2) is 11.7. The Hall–Kier alpha value is -1.63.